The lowest BCUT2D eigenvalue weighted by atomic mass is 9.84. The Morgan fingerprint density at radius 2 is 1.81 bits per heavy atom. The molecular formula is C17H28N2O2. The average Bonchev–Trinajstić information content (AvgIpc) is 2.53. The third-order valence-corrected chi connectivity index (χ3v) is 4.11. The standard InChI is InChI=1S/C17H28N2O2/c1-4-7-12-19-14-10-8-13(9-11-14)15(20)16(18)17(21,5-2)6-3/h8-11,16,19,21H,4-7,12,18H2,1-3H3. The normalized spacial score (nSPS) is 13.0. The molecule has 4 heteroatoms. The minimum Gasteiger partial charge on any atom is -0.388 e. The second-order valence-corrected chi connectivity index (χ2v) is 5.51. The summed E-state index contributed by atoms with van der Waals surface area (Å²) in [5.41, 5.74) is 6.38. The van der Waals surface area contributed by atoms with Crippen molar-refractivity contribution in [2.24, 2.45) is 5.73 Å². The Bertz CT molecular complexity index is 439. The molecule has 0 fully saturated rings. The number of ketones is 1. The van der Waals surface area contributed by atoms with E-state index in [4.69, 9.17) is 5.73 Å². The molecule has 0 saturated carbocycles. The zero-order valence-corrected chi connectivity index (χ0v) is 13.4. The summed E-state index contributed by atoms with van der Waals surface area (Å²) in [5, 5.41) is 13.7. The molecule has 0 bridgehead atoms. The van der Waals surface area contributed by atoms with Crippen LogP contribution in [0.5, 0.6) is 0 Å². The summed E-state index contributed by atoms with van der Waals surface area (Å²) in [6.45, 7) is 6.76. The van der Waals surface area contributed by atoms with Crippen LogP contribution in [-0.2, 0) is 0 Å². The highest BCUT2D eigenvalue weighted by Crippen LogP contribution is 2.22. The van der Waals surface area contributed by atoms with Gasteiger partial charge in [-0.1, -0.05) is 27.2 Å². The maximum atomic E-state index is 12.4. The molecule has 0 spiro atoms. The van der Waals surface area contributed by atoms with E-state index in [0.717, 1.165) is 25.1 Å². The van der Waals surface area contributed by atoms with Gasteiger partial charge in [0.2, 0.25) is 0 Å². The molecule has 0 amide bonds. The molecule has 4 N–H and O–H groups in total. The zero-order valence-electron chi connectivity index (χ0n) is 13.4. The molecular weight excluding hydrogens is 264 g/mol. The number of hydrogen-bond donors (Lipinski definition) is 3. The van der Waals surface area contributed by atoms with Crippen molar-refractivity contribution in [3.05, 3.63) is 29.8 Å². The molecule has 1 rings (SSSR count). The van der Waals surface area contributed by atoms with Crippen molar-refractivity contribution in [2.75, 3.05) is 11.9 Å². The molecule has 0 aromatic heterocycles. The highest BCUT2D eigenvalue weighted by atomic mass is 16.3. The minimum atomic E-state index is -1.13. The highest BCUT2D eigenvalue weighted by molar-refractivity contribution is 6.01. The van der Waals surface area contributed by atoms with Crippen molar-refractivity contribution in [3.8, 4) is 0 Å². The molecule has 1 unspecified atom stereocenters. The first-order valence-electron chi connectivity index (χ1n) is 7.84. The van der Waals surface area contributed by atoms with Crippen molar-refractivity contribution in [3.63, 3.8) is 0 Å². The first-order chi connectivity index (χ1) is 9.98. The number of nitrogens with two attached hydrogens (primary N) is 1. The van der Waals surface area contributed by atoms with E-state index in [1.54, 1.807) is 12.1 Å². The smallest absolute Gasteiger partial charge is 0.182 e. The van der Waals surface area contributed by atoms with Crippen LogP contribution < -0.4 is 11.1 Å². The number of carbonyl (C=O) groups is 1. The summed E-state index contributed by atoms with van der Waals surface area (Å²) in [4.78, 5) is 12.4. The number of nitrogens with one attached hydrogen (secondary N) is 1. The predicted octanol–water partition coefficient (Wildman–Crippen LogP) is 2.96. The van der Waals surface area contributed by atoms with Gasteiger partial charge >= 0.3 is 0 Å². The van der Waals surface area contributed by atoms with Gasteiger partial charge in [0, 0.05) is 17.8 Å². The number of Topliss-reactive ketones (excluding diaryl/α,β-unsaturated/α-hetero) is 1. The SMILES string of the molecule is CCCCNc1ccc(C(=O)C(N)C(O)(CC)CC)cc1. The van der Waals surface area contributed by atoms with Crippen LogP contribution >= 0.6 is 0 Å². The van der Waals surface area contributed by atoms with E-state index < -0.39 is 11.6 Å². The number of carbonyl (C=O) groups excluding carboxylic acids is 1. The van der Waals surface area contributed by atoms with Crippen LogP contribution in [0.15, 0.2) is 24.3 Å². The number of unbranched alkanes of at least 4 members (excludes halogenated alkanes) is 1. The van der Waals surface area contributed by atoms with Gasteiger partial charge < -0.3 is 16.2 Å². The number of benzene rings is 1. The van der Waals surface area contributed by atoms with Gasteiger partial charge in [0.15, 0.2) is 5.78 Å². The van der Waals surface area contributed by atoms with E-state index in [1.165, 1.54) is 0 Å². The van der Waals surface area contributed by atoms with E-state index in [9.17, 15) is 9.90 Å². The van der Waals surface area contributed by atoms with Crippen LogP contribution in [-0.4, -0.2) is 29.1 Å². The van der Waals surface area contributed by atoms with Gasteiger partial charge in [-0.2, -0.15) is 0 Å². The van der Waals surface area contributed by atoms with E-state index in [0.29, 0.717) is 18.4 Å². The number of rotatable bonds is 9. The largest absolute Gasteiger partial charge is 0.388 e. The average molecular weight is 292 g/mol. The van der Waals surface area contributed by atoms with Gasteiger partial charge in [-0.25, -0.2) is 0 Å². The van der Waals surface area contributed by atoms with Crippen LogP contribution in [0.3, 0.4) is 0 Å². The number of anilines is 1. The summed E-state index contributed by atoms with van der Waals surface area (Å²) in [6.07, 6.45) is 3.19. The molecule has 4 nitrogen and oxygen atoms in total. The Hall–Kier alpha value is -1.39. The Kier molecular flexibility index (Phi) is 6.85. The highest BCUT2D eigenvalue weighted by Gasteiger charge is 2.35. The van der Waals surface area contributed by atoms with E-state index >= 15 is 0 Å². The second-order valence-electron chi connectivity index (χ2n) is 5.51. The Morgan fingerprint density at radius 3 is 2.29 bits per heavy atom. The van der Waals surface area contributed by atoms with Crippen LogP contribution in [0.2, 0.25) is 0 Å². The molecule has 0 aliphatic heterocycles. The van der Waals surface area contributed by atoms with Crippen molar-refractivity contribution in [2.45, 2.75) is 58.1 Å². The summed E-state index contributed by atoms with van der Waals surface area (Å²) < 4.78 is 0. The maximum Gasteiger partial charge on any atom is 0.182 e. The lowest BCUT2D eigenvalue weighted by Crippen LogP contribution is -2.52. The minimum absolute atomic E-state index is 0.207. The number of aliphatic hydroxyl groups is 1. The summed E-state index contributed by atoms with van der Waals surface area (Å²) >= 11 is 0. The molecule has 1 atom stereocenters. The Morgan fingerprint density at radius 1 is 1.24 bits per heavy atom. The molecule has 0 heterocycles. The lowest BCUT2D eigenvalue weighted by Gasteiger charge is -2.30. The maximum absolute atomic E-state index is 12.4. The first kappa shape index (κ1) is 17.7. The van der Waals surface area contributed by atoms with Crippen molar-refractivity contribution in [1.29, 1.82) is 0 Å². The summed E-state index contributed by atoms with van der Waals surface area (Å²) in [7, 11) is 0. The predicted molar refractivity (Wildman–Crippen MR) is 87.7 cm³/mol. The van der Waals surface area contributed by atoms with Gasteiger partial charge in [0.25, 0.3) is 0 Å². The molecule has 0 aliphatic rings. The fraction of sp³-hybridized carbons (Fsp3) is 0.588. The van der Waals surface area contributed by atoms with Gasteiger partial charge in [-0.15, -0.1) is 0 Å². The van der Waals surface area contributed by atoms with Gasteiger partial charge in [-0.3, -0.25) is 4.79 Å². The molecule has 0 saturated heterocycles. The lowest BCUT2D eigenvalue weighted by molar-refractivity contribution is 0.00981. The quantitative estimate of drug-likeness (QED) is 0.483. The molecule has 118 valence electrons. The van der Waals surface area contributed by atoms with Gasteiger partial charge in [-0.05, 0) is 43.5 Å². The van der Waals surface area contributed by atoms with Crippen molar-refractivity contribution in [1.82, 2.24) is 0 Å². The fourth-order valence-corrected chi connectivity index (χ4v) is 2.28. The van der Waals surface area contributed by atoms with Gasteiger partial charge in [0.05, 0.1) is 11.6 Å². The molecule has 0 radical (unpaired) electrons. The van der Waals surface area contributed by atoms with Gasteiger partial charge in [0.1, 0.15) is 0 Å². The van der Waals surface area contributed by atoms with E-state index in [1.807, 2.05) is 26.0 Å². The monoisotopic (exact) mass is 292 g/mol. The topological polar surface area (TPSA) is 75.4 Å². The molecule has 21 heavy (non-hydrogen) atoms. The third kappa shape index (κ3) is 4.55. The molecule has 1 aromatic rings. The van der Waals surface area contributed by atoms with Crippen molar-refractivity contribution < 1.29 is 9.90 Å². The fourth-order valence-electron chi connectivity index (χ4n) is 2.28. The van der Waals surface area contributed by atoms with Crippen LogP contribution in [0.1, 0.15) is 56.8 Å². The molecule has 1 aromatic carbocycles. The second kappa shape index (κ2) is 8.15. The van der Waals surface area contributed by atoms with Crippen LogP contribution in [0.4, 0.5) is 5.69 Å². The number of hydrogen-bond acceptors (Lipinski definition) is 4. The summed E-state index contributed by atoms with van der Waals surface area (Å²) in [6, 6.07) is 6.41. The Balaban J connectivity index is 2.75. The molecule has 0 aliphatic carbocycles. The zero-order chi connectivity index (χ0) is 15.9. The van der Waals surface area contributed by atoms with Crippen LogP contribution in [0, 0.1) is 0 Å². The van der Waals surface area contributed by atoms with E-state index in [-0.39, 0.29) is 5.78 Å². The van der Waals surface area contributed by atoms with Crippen LogP contribution in [0.25, 0.3) is 0 Å². The first-order valence-corrected chi connectivity index (χ1v) is 7.84. The summed E-state index contributed by atoms with van der Waals surface area (Å²) in [5.74, 6) is -0.207. The van der Waals surface area contributed by atoms with Crippen molar-refractivity contribution >= 4 is 11.5 Å². The third-order valence-electron chi connectivity index (χ3n) is 4.11. The van der Waals surface area contributed by atoms with E-state index in [2.05, 4.69) is 12.2 Å². The Labute approximate surface area is 127 Å².